The SMILES string of the molecule is CCOc1ccc(NC(=O)c2c(C)nc3ccc(C(F)(F)F)cn23)cc1. The number of hydrogen-bond donors (Lipinski definition) is 1. The molecule has 8 heteroatoms. The summed E-state index contributed by atoms with van der Waals surface area (Å²) in [6.45, 7) is 3.96. The molecule has 1 N–H and O–H groups in total. The Labute approximate surface area is 147 Å². The zero-order valence-electron chi connectivity index (χ0n) is 14.1. The van der Waals surface area contributed by atoms with Crippen molar-refractivity contribution in [2.75, 3.05) is 11.9 Å². The molecule has 1 aromatic carbocycles. The molecule has 1 amide bonds. The Kier molecular flexibility index (Phi) is 4.58. The average Bonchev–Trinajstić information content (AvgIpc) is 2.91. The summed E-state index contributed by atoms with van der Waals surface area (Å²) in [6.07, 6.45) is -3.63. The van der Waals surface area contributed by atoms with E-state index < -0.39 is 17.6 Å². The number of carbonyl (C=O) groups is 1. The fourth-order valence-corrected chi connectivity index (χ4v) is 2.60. The van der Waals surface area contributed by atoms with Gasteiger partial charge in [0.1, 0.15) is 17.1 Å². The molecule has 0 aliphatic rings. The minimum Gasteiger partial charge on any atom is -0.494 e. The first-order valence-corrected chi connectivity index (χ1v) is 7.89. The first-order chi connectivity index (χ1) is 12.3. The fourth-order valence-electron chi connectivity index (χ4n) is 2.60. The van der Waals surface area contributed by atoms with Gasteiger partial charge >= 0.3 is 6.18 Å². The Bertz CT molecular complexity index is 947. The lowest BCUT2D eigenvalue weighted by Gasteiger charge is -2.10. The van der Waals surface area contributed by atoms with E-state index in [1.54, 1.807) is 31.2 Å². The maximum Gasteiger partial charge on any atom is 0.417 e. The van der Waals surface area contributed by atoms with Crippen molar-refractivity contribution in [2.24, 2.45) is 0 Å². The van der Waals surface area contributed by atoms with Crippen LogP contribution in [-0.2, 0) is 6.18 Å². The van der Waals surface area contributed by atoms with Crippen molar-refractivity contribution in [3.63, 3.8) is 0 Å². The number of halogens is 3. The largest absolute Gasteiger partial charge is 0.494 e. The van der Waals surface area contributed by atoms with Gasteiger partial charge in [0.2, 0.25) is 0 Å². The van der Waals surface area contributed by atoms with Crippen LogP contribution >= 0.6 is 0 Å². The Balaban J connectivity index is 1.93. The molecule has 0 radical (unpaired) electrons. The molecular formula is C18H16F3N3O2. The average molecular weight is 363 g/mol. The zero-order chi connectivity index (χ0) is 18.9. The Morgan fingerprint density at radius 3 is 2.50 bits per heavy atom. The monoisotopic (exact) mass is 363 g/mol. The topological polar surface area (TPSA) is 55.6 Å². The van der Waals surface area contributed by atoms with Crippen molar-refractivity contribution in [3.05, 3.63) is 59.5 Å². The molecule has 0 aliphatic carbocycles. The van der Waals surface area contributed by atoms with Gasteiger partial charge in [-0.25, -0.2) is 4.98 Å². The van der Waals surface area contributed by atoms with Crippen molar-refractivity contribution in [3.8, 4) is 5.75 Å². The first-order valence-electron chi connectivity index (χ1n) is 7.89. The minimum atomic E-state index is -4.50. The van der Waals surface area contributed by atoms with E-state index in [1.807, 2.05) is 6.92 Å². The standard InChI is InChI=1S/C18H16F3N3O2/c1-3-26-14-7-5-13(6-8-14)23-17(25)16-11(2)22-15-9-4-12(10-24(15)16)18(19,20)21/h4-10H,3H2,1-2H3,(H,23,25). The summed E-state index contributed by atoms with van der Waals surface area (Å²) in [6, 6.07) is 8.88. The maximum atomic E-state index is 13.0. The van der Waals surface area contributed by atoms with Crippen LogP contribution in [0.3, 0.4) is 0 Å². The van der Waals surface area contributed by atoms with E-state index in [2.05, 4.69) is 10.3 Å². The van der Waals surface area contributed by atoms with Crippen molar-refractivity contribution in [1.29, 1.82) is 0 Å². The number of benzene rings is 1. The van der Waals surface area contributed by atoms with E-state index in [0.717, 1.165) is 16.7 Å². The van der Waals surface area contributed by atoms with Crippen LogP contribution < -0.4 is 10.1 Å². The molecular weight excluding hydrogens is 347 g/mol. The Hall–Kier alpha value is -3.03. The molecule has 3 rings (SSSR count). The highest BCUT2D eigenvalue weighted by Gasteiger charge is 2.31. The number of fused-ring (bicyclic) bond motifs is 1. The Morgan fingerprint density at radius 1 is 1.19 bits per heavy atom. The predicted molar refractivity (Wildman–Crippen MR) is 90.5 cm³/mol. The van der Waals surface area contributed by atoms with Crippen LogP contribution in [0, 0.1) is 6.92 Å². The number of nitrogens with zero attached hydrogens (tertiary/aromatic N) is 2. The van der Waals surface area contributed by atoms with Crippen LogP contribution in [-0.4, -0.2) is 21.9 Å². The van der Waals surface area contributed by atoms with Gasteiger partial charge < -0.3 is 10.1 Å². The van der Waals surface area contributed by atoms with Crippen molar-refractivity contribution < 1.29 is 22.7 Å². The fraction of sp³-hybridized carbons (Fsp3) is 0.222. The number of aromatic nitrogens is 2. The third kappa shape index (κ3) is 3.49. The van der Waals surface area contributed by atoms with Crippen molar-refractivity contribution in [2.45, 2.75) is 20.0 Å². The predicted octanol–water partition coefficient (Wildman–Crippen LogP) is 4.31. The maximum absolute atomic E-state index is 13.0. The molecule has 5 nitrogen and oxygen atoms in total. The van der Waals surface area contributed by atoms with Crippen LogP contribution in [0.4, 0.5) is 18.9 Å². The lowest BCUT2D eigenvalue weighted by molar-refractivity contribution is -0.137. The summed E-state index contributed by atoms with van der Waals surface area (Å²) >= 11 is 0. The molecule has 26 heavy (non-hydrogen) atoms. The number of alkyl halides is 3. The second kappa shape index (κ2) is 6.70. The van der Waals surface area contributed by atoms with Crippen LogP contribution in [0.1, 0.15) is 28.7 Å². The highest BCUT2D eigenvalue weighted by atomic mass is 19.4. The van der Waals surface area contributed by atoms with Crippen molar-refractivity contribution >= 4 is 17.2 Å². The van der Waals surface area contributed by atoms with Crippen LogP contribution in [0.15, 0.2) is 42.6 Å². The van der Waals surface area contributed by atoms with Gasteiger partial charge in [0.05, 0.1) is 17.9 Å². The number of anilines is 1. The second-order valence-corrected chi connectivity index (χ2v) is 5.60. The molecule has 136 valence electrons. The number of nitrogens with one attached hydrogen (secondary N) is 1. The first kappa shape index (κ1) is 17.8. The van der Waals surface area contributed by atoms with Gasteiger partial charge in [-0.3, -0.25) is 9.20 Å². The normalized spacial score (nSPS) is 11.6. The number of pyridine rings is 1. The van der Waals surface area contributed by atoms with E-state index >= 15 is 0 Å². The third-order valence-electron chi connectivity index (χ3n) is 3.76. The number of hydrogen-bond acceptors (Lipinski definition) is 3. The summed E-state index contributed by atoms with van der Waals surface area (Å²) in [4.78, 5) is 16.7. The van der Waals surface area contributed by atoms with Gasteiger partial charge in [-0.1, -0.05) is 0 Å². The number of amides is 1. The molecule has 0 bridgehead atoms. The number of aryl methyl sites for hydroxylation is 1. The smallest absolute Gasteiger partial charge is 0.417 e. The molecule has 0 aliphatic heterocycles. The number of imidazole rings is 1. The van der Waals surface area contributed by atoms with Crippen LogP contribution in [0.25, 0.3) is 5.65 Å². The van der Waals surface area contributed by atoms with E-state index in [-0.39, 0.29) is 11.3 Å². The molecule has 0 spiro atoms. The van der Waals surface area contributed by atoms with Gasteiger partial charge in [-0.2, -0.15) is 13.2 Å². The van der Waals surface area contributed by atoms with Crippen LogP contribution in [0.5, 0.6) is 5.75 Å². The third-order valence-corrected chi connectivity index (χ3v) is 3.76. The highest BCUT2D eigenvalue weighted by Crippen LogP contribution is 2.30. The van der Waals surface area contributed by atoms with Gasteiger partial charge in [0.15, 0.2) is 0 Å². The molecule has 0 unspecified atom stereocenters. The molecule has 2 aromatic heterocycles. The molecule has 2 heterocycles. The minimum absolute atomic E-state index is 0.0555. The lowest BCUT2D eigenvalue weighted by atomic mass is 10.2. The van der Waals surface area contributed by atoms with Crippen LogP contribution in [0.2, 0.25) is 0 Å². The number of carbonyl (C=O) groups excluding carboxylic acids is 1. The molecule has 0 fully saturated rings. The van der Waals surface area contributed by atoms with Gasteiger partial charge in [-0.15, -0.1) is 0 Å². The summed E-state index contributed by atoms with van der Waals surface area (Å²) in [5, 5.41) is 2.67. The summed E-state index contributed by atoms with van der Waals surface area (Å²) in [5.41, 5.74) is 0.317. The zero-order valence-corrected chi connectivity index (χ0v) is 14.1. The molecule has 0 saturated carbocycles. The molecule has 0 atom stereocenters. The molecule has 0 saturated heterocycles. The summed E-state index contributed by atoms with van der Waals surface area (Å²) < 4.78 is 45.4. The summed E-state index contributed by atoms with van der Waals surface area (Å²) in [7, 11) is 0. The van der Waals surface area contributed by atoms with E-state index in [0.29, 0.717) is 23.7 Å². The number of ether oxygens (including phenoxy) is 1. The van der Waals surface area contributed by atoms with Gasteiger partial charge in [0.25, 0.3) is 5.91 Å². The van der Waals surface area contributed by atoms with Gasteiger partial charge in [0, 0.05) is 11.9 Å². The van der Waals surface area contributed by atoms with Crippen molar-refractivity contribution in [1.82, 2.24) is 9.38 Å². The lowest BCUT2D eigenvalue weighted by Crippen LogP contribution is -2.16. The molecule has 3 aromatic rings. The second-order valence-electron chi connectivity index (χ2n) is 5.60. The quantitative estimate of drug-likeness (QED) is 0.751. The number of rotatable bonds is 4. The summed E-state index contributed by atoms with van der Waals surface area (Å²) in [5.74, 6) is 0.116. The highest BCUT2D eigenvalue weighted by molar-refractivity contribution is 6.04. The van der Waals surface area contributed by atoms with Gasteiger partial charge in [-0.05, 0) is 50.2 Å². The Morgan fingerprint density at radius 2 is 1.88 bits per heavy atom. The van der Waals surface area contributed by atoms with E-state index in [1.165, 1.54) is 6.07 Å². The van der Waals surface area contributed by atoms with E-state index in [9.17, 15) is 18.0 Å². The van der Waals surface area contributed by atoms with E-state index in [4.69, 9.17) is 4.74 Å².